The number of rotatable bonds is 3. The molecule has 0 amide bonds. The number of hydrogen-bond donors (Lipinski definition) is 0. The van der Waals surface area contributed by atoms with Gasteiger partial charge >= 0.3 is 0 Å². The fraction of sp³-hybridized carbons (Fsp3) is 0.333. The van der Waals surface area contributed by atoms with Gasteiger partial charge in [0.05, 0.1) is 11.4 Å². The first-order chi connectivity index (χ1) is 15.8. The molecule has 1 fully saturated rings. The quantitative estimate of drug-likeness (QED) is 0.377. The van der Waals surface area contributed by atoms with Crippen LogP contribution in [0.1, 0.15) is 32.2 Å². The lowest BCUT2D eigenvalue weighted by Gasteiger charge is -2.37. The van der Waals surface area contributed by atoms with E-state index in [9.17, 15) is 0 Å². The lowest BCUT2D eigenvalue weighted by Crippen LogP contribution is -2.47. The van der Waals surface area contributed by atoms with Gasteiger partial charge in [-0.2, -0.15) is 9.61 Å². The summed E-state index contributed by atoms with van der Waals surface area (Å²) in [5, 5.41) is 5.68. The van der Waals surface area contributed by atoms with Crippen LogP contribution in [-0.2, 0) is 5.41 Å². The molecule has 170 valence electrons. The number of hydrogen-bond acceptors (Lipinski definition) is 4. The second kappa shape index (κ2) is 8.38. The number of halogens is 1. The van der Waals surface area contributed by atoms with Crippen LogP contribution in [0, 0.1) is 6.92 Å². The SMILES string of the molecule is Cc1nn2c(N3CCN(c4ccccc4)CC3)cc(C(C)(C)C)nc2c1-c1ccc(Cl)cc1. The highest BCUT2D eigenvalue weighted by atomic mass is 35.5. The van der Waals surface area contributed by atoms with Crippen molar-refractivity contribution in [1.82, 2.24) is 14.6 Å². The van der Waals surface area contributed by atoms with Crippen LogP contribution >= 0.6 is 11.6 Å². The largest absolute Gasteiger partial charge is 0.368 e. The molecule has 3 heterocycles. The van der Waals surface area contributed by atoms with E-state index < -0.39 is 0 Å². The van der Waals surface area contributed by atoms with E-state index in [1.54, 1.807) is 0 Å². The molecule has 0 spiro atoms. The van der Waals surface area contributed by atoms with Crippen LogP contribution in [0.5, 0.6) is 0 Å². The van der Waals surface area contributed by atoms with Gasteiger partial charge in [0.15, 0.2) is 5.65 Å². The van der Waals surface area contributed by atoms with Crippen LogP contribution < -0.4 is 9.80 Å². The molecule has 33 heavy (non-hydrogen) atoms. The van der Waals surface area contributed by atoms with E-state index in [0.29, 0.717) is 0 Å². The van der Waals surface area contributed by atoms with Gasteiger partial charge in [-0.15, -0.1) is 0 Å². The third kappa shape index (κ3) is 4.18. The van der Waals surface area contributed by atoms with Gasteiger partial charge in [-0.05, 0) is 36.8 Å². The second-order valence-electron chi connectivity index (χ2n) is 9.76. The monoisotopic (exact) mass is 459 g/mol. The normalized spacial score (nSPS) is 14.8. The van der Waals surface area contributed by atoms with Gasteiger partial charge < -0.3 is 9.80 Å². The molecule has 0 saturated carbocycles. The molecule has 1 aliphatic heterocycles. The molecule has 0 radical (unpaired) electrons. The Morgan fingerprint density at radius 1 is 0.848 bits per heavy atom. The Hall–Kier alpha value is -3.05. The topological polar surface area (TPSA) is 36.7 Å². The Morgan fingerprint density at radius 3 is 2.12 bits per heavy atom. The number of aromatic nitrogens is 3. The number of benzene rings is 2. The Morgan fingerprint density at radius 2 is 1.48 bits per heavy atom. The molecule has 5 nitrogen and oxygen atoms in total. The summed E-state index contributed by atoms with van der Waals surface area (Å²) in [5.41, 5.74) is 6.32. The number of aryl methyl sites for hydroxylation is 1. The number of fused-ring (bicyclic) bond motifs is 1. The number of anilines is 2. The number of para-hydroxylation sites is 1. The average molecular weight is 460 g/mol. The molecule has 2 aromatic carbocycles. The summed E-state index contributed by atoms with van der Waals surface area (Å²) in [6, 6.07) is 20.8. The molecule has 6 heteroatoms. The summed E-state index contributed by atoms with van der Waals surface area (Å²) in [7, 11) is 0. The van der Waals surface area contributed by atoms with Crippen molar-refractivity contribution in [3.63, 3.8) is 0 Å². The van der Waals surface area contributed by atoms with Gasteiger partial charge in [0, 0.05) is 53.9 Å². The van der Waals surface area contributed by atoms with E-state index in [2.05, 4.69) is 86.0 Å². The zero-order valence-corrected chi connectivity index (χ0v) is 20.5. The van der Waals surface area contributed by atoms with Crippen molar-refractivity contribution in [3.8, 4) is 11.1 Å². The van der Waals surface area contributed by atoms with Crippen molar-refractivity contribution in [2.45, 2.75) is 33.1 Å². The van der Waals surface area contributed by atoms with Crippen molar-refractivity contribution in [2.24, 2.45) is 0 Å². The third-order valence-corrected chi connectivity index (χ3v) is 6.62. The first-order valence-corrected chi connectivity index (χ1v) is 11.9. The predicted octanol–water partition coefficient (Wildman–Crippen LogP) is 5.98. The molecular weight excluding hydrogens is 430 g/mol. The molecule has 1 aliphatic rings. The summed E-state index contributed by atoms with van der Waals surface area (Å²) in [6.07, 6.45) is 0. The minimum absolute atomic E-state index is 0.0716. The summed E-state index contributed by atoms with van der Waals surface area (Å²) in [4.78, 5) is 10.0. The summed E-state index contributed by atoms with van der Waals surface area (Å²) in [6.45, 7) is 12.5. The molecule has 0 atom stereocenters. The Bertz CT molecular complexity index is 1260. The van der Waals surface area contributed by atoms with Crippen molar-refractivity contribution in [2.75, 3.05) is 36.0 Å². The molecule has 4 aromatic rings. The lowest BCUT2D eigenvalue weighted by molar-refractivity contribution is 0.565. The lowest BCUT2D eigenvalue weighted by atomic mass is 9.91. The Kier molecular flexibility index (Phi) is 5.53. The fourth-order valence-electron chi connectivity index (χ4n) is 4.50. The minimum Gasteiger partial charge on any atom is -0.368 e. The van der Waals surface area contributed by atoms with Gasteiger partial charge in [0.25, 0.3) is 0 Å². The van der Waals surface area contributed by atoms with Crippen LogP contribution in [-0.4, -0.2) is 40.8 Å². The van der Waals surface area contributed by atoms with E-state index in [1.807, 2.05) is 16.6 Å². The molecule has 0 bridgehead atoms. The molecule has 2 aromatic heterocycles. The highest BCUT2D eigenvalue weighted by Crippen LogP contribution is 2.34. The maximum atomic E-state index is 6.15. The highest BCUT2D eigenvalue weighted by Gasteiger charge is 2.26. The third-order valence-electron chi connectivity index (χ3n) is 6.37. The maximum Gasteiger partial charge on any atom is 0.165 e. The zero-order chi connectivity index (χ0) is 23.2. The van der Waals surface area contributed by atoms with Crippen LogP contribution in [0.3, 0.4) is 0 Å². The Labute approximate surface area is 200 Å². The van der Waals surface area contributed by atoms with Crippen molar-refractivity contribution < 1.29 is 0 Å². The van der Waals surface area contributed by atoms with Crippen LogP contribution in [0.15, 0.2) is 60.7 Å². The maximum absolute atomic E-state index is 6.15. The van der Waals surface area contributed by atoms with Gasteiger partial charge in [-0.25, -0.2) is 4.98 Å². The summed E-state index contributed by atoms with van der Waals surface area (Å²) in [5.74, 6) is 1.11. The summed E-state index contributed by atoms with van der Waals surface area (Å²) < 4.78 is 2.03. The van der Waals surface area contributed by atoms with Crippen LogP contribution in [0.4, 0.5) is 11.5 Å². The van der Waals surface area contributed by atoms with Crippen LogP contribution in [0.25, 0.3) is 16.8 Å². The first-order valence-electron chi connectivity index (χ1n) is 11.5. The van der Waals surface area contributed by atoms with Crippen molar-refractivity contribution in [1.29, 1.82) is 0 Å². The van der Waals surface area contributed by atoms with E-state index in [0.717, 1.165) is 65.2 Å². The highest BCUT2D eigenvalue weighted by molar-refractivity contribution is 6.30. The molecule has 0 N–H and O–H groups in total. The van der Waals surface area contributed by atoms with Crippen molar-refractivity contribution >= 4 is 28.8 Å². The predicted molar refractivity (Wildman–Crippen MR) is 138 cm³/mol. The second-order valence-corrected chi connectivity index (χ2v) is 10.2. The summed E-state index contributed by atoms with van der Waals surface area (Å²) >= 11 is 6.15. The smallest absolute Gasteiger partial charge is 0.165 e. The number of piperazine rings is 1. The van der Waals surface area contributed by atoms with Gasteiger partial charge in [0.1, 0.15) is 5.82 Å². The van der Waals surface area contributed by atoms with E-state index in [-0.39, 0.29) is 5.41 Å². The molecule has 0 aliphatic carbocycles. The minimum atomic E-state index is -0.0716. The molecule has 5 rings (SSSR count). The van der Waals surface area contributed by atoms with Crippen molar-refractivity contribution in [3.05, 3.63) is 77.1 Å². The van der Waals surface area contributed by atoms with Gasteiger partial charge in [0.2, 0.25) is 0 Å². The Balaban J connectivity index is 1.57. The van der Waals surface area contributed by atoms with E-state index >= 15 is 0 Å². The number of nitrogens with zero attached hydrogens (tertiary/aromatic N) is 5. The van der Waals surface area contributed by atoms with E-state index in [4.69, 9.17) is 21.7 Å². The van der Waals surface area contributed by atoms with Gasteiger partial charge in [-0.3, -0.25) is 0 Å². The first kappa shape index (κ1) is 21.8. The van der Waals surface area contributed by atoms with Gasteiger partial charge in [-0.1, -0.05) is 62.7 Å². The molecular formula is C27H30ClN5. The standard InChI is InChI=1S/C27H30ClN5/c1-19-25(20-10-12-21(28)13-11-20)26-29-23(27(2,3)4)18-24(33(26)30-19)32-16-14-31(15-17-32)22-8-6-5-7-9-22/h5-13,18H,14-17H2,1-4H3. The fourth-order valence-corrected chi connectivity index (χ4v) is 4.63. The molecule has 0 unspecified atom stereocenters. The zero-order valence-electron chi connectivity index (χ0n) is 19.7. The molecule has 1 saturated heterocycles. The van der Waals surface area contributed by atoms with E-state index in [1.165, 1.54) is 5.69 Å². The van der Waals surface area contributed by atoms with Crippen LogP contribution in [0.2, 0.25) is 5.02 Å². The average Bonchev–Trinajstić information content (AvgIpc) is 3.15.